The Morgan fingerprint density at radius 3 is 2.67 bits per heavy atom. The standard InChI is InChI=1S/C14H18N2O5/c17-10-3-1-9(2-4-10)7-11(14(19)20)16-13(18)12-8-15-5-6-21-12/h1-4,11-12,15,17H,5-8H2,(H,16,18)(H,19,20)/t11-,12?/m1/s1. The van der Waals surface area contributed by atoms with Gasteiger partial charge in [0.05, 0.1) is 6.61 Å². The van der Waals surface area contributed by atoms with Crippen molar-refractivity contribution in [1.29, 1.82) is 0 Å². The molecular weight excluding hydrogens is 276 g/mol. The van der Waals surface area contributed by atoms with Crippen molar-refractivity contribution in [2.75, 3.05) is 19.7 Å². The predicted molar refractivity (Wildman–Crippen MR) is 74.0 cm³/mol. The van der Waals surface area contributed by atoms with Crippen molar-refractivity contribution in [3.05, 3.63) is 29.8 Å². The topological polar surface area (TPSA) is 108 Å². The zero-order valence-electron chi connectivity index (χ0n) is 11.4. The number of morpholine rings is 1. The molecule has 0 bridgehead atoms. The summed E-state index contributed by atoms with van der Waals surface area (Å²) in [6, 6.07) is 5.16. The minimum Gasteiger partial charge on any atom is -0.508 e. The van der Waals surface area contributed by atoms with Gasteiger partial charge in [0.2, 0.25) is 0 Å². The number of amides is 1. The summed E-state index contributed by atoms with van der Waals surface area (Å²) in [5, 5.41) is 23.9. The van der Waals surface area contributed by atoms with Crippen molar-refractivity contribution < 1.29 is 24.5 Å². The summed E-state index contributed by atoms with van der Waals surface area (Å²) in [6.45, 7) is 1.48. The summed E-state index contributed by atoms with van der Waals surface area (Å²) >= 11 is 0. The van der Waals surface area contributed by atoms with E-state index in [0.29, 0.717) is 25.3 Å². The van der Waals surface area contributed by atoms with Gasteiger partial charge in [0, 0.05) is 19.5 Å². The number of phenolic OH excluding ortho intramolecular Hbond substituents is 1. The van der Waals surface area contributed by atoms with Crippen molar-refractivity contribution >= 4 is 11.9 Å². The molecule has 0 aliphatic carbocycles. The number of benzene rings is 1. The molecule has 0 radical (unpaired) electrons. The van der Waals surface area contributed by atoms with Crippen molar-refractivity contribution in [3.8, 4) is 5.75 Å². The Bertz CT molecular complexity index is 497. The van der Waals surface area contributed by atoms with Gasteiger partial charge in [0.15, 0.2) is 0 Å². The van der Waals surface area contributed by atoms with Crippen molar-refractivity contribution in [2.24, 2.45) is 0 Å². The van der Waals surface area contributed by atoms with Crippen LogP contribution in [-0.4, -0.2) is 53.9 Å². The minimum absolute atomic E-state index is 0.108. The van der Waals surface area contributed by atoms with E-state index in [0.717, 1.165) is 0 Å². The minimum atomic E-state index is -1.11. The molecule has 0 aromatic heterocycles. The fraction of sp³-hybridized carbons (Fsp3) is 0.429. The first-order valence-electron chi connectivity index (χ1n) is 6.69. The molecule has 1 fully saturated rings. The van der Waals surface area contributed by atoms with Crippen molar-refractivity contribution in [1.82, 2.24) is 10.6 Å². The van der Waals surface area contributed by atoms with Crippen LogP contribution in [0.1, 0.15) is 5.56 Å². The number of carboxylic acids is 1. The average molecular weight is 294 g/mol. The molecule has 4 N–H and O–H groups in total. The van der Waals surface area contributed by atoms with Crippen LogP contribution in [0, 0.1) is 0 Å². The molecule has 0 saturated carbocycles. The van der Waals surface area contributed by atoms with Gasteiger partial charge in [-0.15, -0.1) is 0 Å². The Morgan fingerprint density at radius 2 is 2.10 bits per heavy atom. The zero-order valence-corrected chi connectivity index (χ0v) is 11.4. The summed E-state index contributed by atoms with van der Waals surface area (Å²) < 4.78 is 5.29. The van der Waals surface area contributed by atoms with Gasteiger partial charge in [-0.3, -0.25) is 4.79 Å². The number of phenols is 1. The lowest BCUT2D eigenvalue weighted by molar-refractivity contribution is -0.144. The van der Waals surface area contributed by atoms with Crippen molar-refractivity contribution in [3.63, 3.8) is 0 Å². The fourth-order valence-electron chi connectivity index (χ4n) is 2.07. The molecule has 1 amide bonds. The molecule has 1 aromatic rings. The number of ether oxygens (including phenoxy) is 1. The van der Waals surface area contributed by atoms with Crippen LogP contribution < -0.4 is 10.6 Å². The summed E-state index contributed by atoms with van der Waals surface area (Å²) in [4.78, 5) is 23.2. The highest BCUT2D eigenvalue weighted by atomic mass is 16.5. The zero-order chi connectivity index (χ0) is 15.2. The maximum atomic E-state index is 12.0. The van der Waals surface area contributed by atoms with E-state index < -0.39 is 24.0 Å². The molecule has 0 spiro atoms. The quantitative estimate of drug-likeness (QED) is 0.583. The van der Waals surface area contributed by atoms with E-state index in [1.165, 1.54) is 12.1 Å². The molecule has 7 heteroatoms. The monoisotopic (exact) mass is 294 g/mol. The third-order valence-electron chi connectivity index (χ3n) is 3.21. The average Bonchev–Trinajstić information content (AvgIpc) is 2.49. The maximum Gasteiger partial charge on any atom is 0.326 e. The van der Waals surface area contributed by atoms with Gasteiger partial charge in [-0.2, -0.15) is 0 Å². The van der Waals surface area contributed by atoms with E-state index in [9.17, 15) is 19.8 Å². The third-order valence-corrected chi connectivity index (χ3v) is 3.21. The second-order valence-electron chi connectivity index (χ2n) is 4.83. The molecule has 1 aliphatic heterocycles. The number of carboxylic acid groups (broad SMARTS) is 1. The number of hydrogen-bond acceptors (Lipinski definition) is 5. The molecule has 21 heavy (non-hydrogen) atoms. The van der Waals surface area contributed by atoms with Crippen LogP contribution in [0.2, 0.25) is 0 Å². The van der Waals surface area contributed by atoms with Gasteiger partial charge < -0.3 is 25.6 Å². The Labute approximate surface area is 121 Å². The summed E-state index contributed by atoms with van der Waals surface area (Å²) in [7, 11) is 0. The number of aromatic hydroxyl groups is 1. The van der Waals surface area contributed by atoms with Gasteiger partial charge >= 0.3 is 5.97 Å². The molecule has 1 aromatic carbocycles. The summed E-state index contributed by atoms with van der Waals surface area (Å²) in [6.07, 6.45) is -0.526. The number of aliphatic carboxylic acids is 1. The van der Waals surface area contributed by atoms with E-state index in [2.05, 4.69) is 10.6 Å². The van der Waals surface area contributed by atoms with E-state index >= 15 is 0 Å². The van der Waals surface area contributed by atoms with E-state index in [1.807, 2.05) is 0 Å². The lowest BCUT2D eigenvalue weighted by atomic mass is 10.1. The predicted octanol–water partition coefficient (Wildman–Crippen LogP) is -0.508. The van der Waals surface area contributed by atoms with Gasteiger partial charge in [0.1, 0.15) is 17.9 Å². The van der Waals surface area contributed by atoms with Crippen molar-refractivity contribution in [2.45, 2.75) is 18.6 Å². The summed E-state index contributed by atoms with van der Waals surface area (Å²) in [5.41, 5.74) is 0.711. The van der Waals surface area contributed by atoms with Gasteiger partial charge in [-0.25, -0.2) is 4.79 Å². The first kappa shape index (κ1) is 15.3. The number of nitrogens with one attached hydrogen (secondary N) is 2. The smallest absolute Gasteiger partial charge is 0.326 e. The molecule has 114 valence electrons. The normalized spacial score (nSPS) is 19.7. The molecule has 1 heterocycles. The SMILES string of the molecule is O=C(N[C@H](Cc1ccc(O)cc1)C(=O)O)C1CNCCO1. The second-order valence-corrected chi connectivity index (χ2v) is 4.83. The number of carbonyl (C=O) groups excluding carboxylic acids is 1. The van der Waals surface area contributed by atoms with Gasteiger partial charge in [-0.05, 0) is 17.7 Å². The van der Waals surface area contributed by atoms with Crippen LogP contribution >= 0.6 is 0 Å². The Kier molecular flexibility index (Phi) is 5.13. The first-order valence-corrected chi connectivity index (χ1v) is 6.69. The fourth-order valence-corrected chi connectivity index (χ4v) is 2.07. The number of carbonyl (C=O) groups is 2. The van der Waals surface area contributed by atoms with E-state index in [-0.39, 0.29) is 12.2 Å². The van der Waals surface area contributed by atoms with Crippen LogP contribution in [0.15, 0.2) is 24.3 Å². The molecule has 2 atom stereocenters. The van der Waals surface area contributed by atoms with Gasteiger partial charge in [-0.1, -0.05) is 12.1 Å². The Balaban J connectivity index is 1.96. The number of hydrogen-bond donors (Lipinski definition) is 4. The third kappa shape index (κ3) is 4.44. The van der Waals surface area contributed by atoms with E-state index in [4.69, 9.17) is 4.74 Å². The molecule has 1 aliphatic rings. The largest absolute Gasteiger partial charge is 0.508 e. The number of rotatable bonds is 5. The van der Waals surface area contributed by atoms with E-state index in [1.54, 1.807) is 12.1 Å². The molecule has 1 saturated heterocycles. The maximum absolute atomic E-state index is 12.0. The van der Waals surface area contributed by atoms with Gasteiger partial charge in [0.25, 0.3) is 5.91 Å². The van der Waals surface area contributed by atoms with Crippen LogP contribution in [0.3, 0.4) is 0 Å². The van der Waals surface area contributed by atoms with Crippen LogP contribution in [-0.2, 0) is 20.7 Å². The first-order chi connectivity index (χ1) is 10.1. The molecule has 7 nitrogen and oxygen atoms in total. The lowest BCUT2D eigenvalue weighted by Crippen LogP contribution is -2.52. The lowest BCUT2D eigenvalue weighted by Gasteiger charge is -2.24. The highest BCUT2D eigenvalue weighted by Crippen LogP contribution is 2.11. The van der Waals surface area contributed by atoms with Crippen LogP contribution in [0.5, 0.6) is 5.75 Å². The highest BCUT2D eigenvalue weighted by Gasteiger charge is 2.27. The molecule has 2 rings (SSSR count). The van der Waals surface area contributed by atoms with Crippen LogP contribution in [0.25, 0.3) is 0 Å². The highest BCUT2D eigenvalue weighted by molar-refractivity contribution is 5.86. The van der Waals surface area contributed by atoms with Crippen LogP contribution in [0.4, 0.5) is 0 Å². The molecular formula is C14H18N2O5. The molecule has 1 unspecified atom stereocenters. The Morgan fingerprint density at radius 1 is 1.38 bits per heavy atom. The Hall–Kier alpha value is -2.12. The second kappa shape index (κ2) is 7.05. The summed E-state index contributed by atoms with van der Waals surface area (Å²) in [5.74, 6) is -1.44.